The van der Waals surface area contributed by atoms with Gasteiger partial charge in [-0.05, 0) is 70.6 Å². The number of alkyl halides is 3. The standard InChI is InChI=1S/C51H36F3N5/c1-50(2,3)37-25-26-45-43(31-37)40-23-11-12-24-44(40)59(45)46-41(34-19-13-21-38(27-34)51(52,53)54)29-36(30-42(46)35-20-14-22-39(28-35)55-4)49-57-47(32-15-7-5-8-16-32)56-48(58-49)33-17-9-6-10-18-33/h5-31H,1-3H3. The fraction of sp³-hybridized carbons (Fsp3) is 0.0980. The summed E-state index contributed by atoms with van der Waals surface area (Å²) in [7, 11) is 0. The molecule has 0 aliphatic rings. The van der Waals surface area contributed by atoms with Crippen molar-refractivity contribution in [3.63, 3.8) is 0 Å². The third kappa shape index (κ3) is 7.02. The molecule has 9 aromatic rings. The van der Waals surface area contributed by atoms with E-state index in [1.54, 1.807) is 12.1 Å². The molecule has 286 valence electrons. The minimum atomic E-state index is -4.58. The lowest BCUT2D eigenvalue weighted by Crippen LogP contribution is -2.10. The first-order valence-corrected chi connectivity index (χ1v) is 19.2. The van der Waals surface area contributed by atoms with E-state index < -0.39 is 11.7 Å². The zero-order chi connectivity index (χ0) is 40.9. The molecule has 0 aliphatic heterocycles. The number of halogens is 3. The monoisotopic (exact) mass is 775 g/mol. The lowest BCUT2D eigenvalue weighted by atomic mass is 9.86. The number of benzene rings is 7. The number of fused-ring (bicyclic) bond motifs is 3. The van der Waals surface area contributed by atoms with Crippen LogP contribution in [-0.4, -0.2) is 19.5 Å². The van der Waals surface area contributed by atoms with Gasteiger partial charge in [-0.25, -0.2) is 19.8 Å². The Morgan fingerprint density at radius 1 is 0.475 bits per heavy atom. The Kier molecular flexibility index (Phi) is 9.17. The van der Waals surface area contributed by atoms with E-state index in [-0.39, 0.29) is 5.41 Å². The van der Waals surface area contributed by atoms with Crippen molar-refractivity contribution in [1.29, 1.82) is 0 Å². The first-order chi connectivity index (χ1) is 28.5. The topological polar surface area (TPSA) is 48.0 Å². The Hall–Kier alpha value is -7.37. The van der Waals surface area contributed by atoms with Gasteiger partial charge in [-0.2, -0.15) is 13.2 Å². The number of hydrogen-bond acceptors (Lipinski definition) is 3. The van der Waals surface area contributed by atoms with Gasteiger partial charge >= 0.3 is 6.18 Å². The minimum absolute atomic E-state index is 0.130. The fourth-order valence-electron chi connectivity index (χ4n) is 7.67. The molecule has 0 spiro atoms. The summed E-state index contributed by atoms with van der Waals surface area (Å²) in [6.07, 6.45) is -4.58. The second-order valence-corrected chi connectivity index (χ2v) is 15.5. The predicted octanol–water partition coefficient (Wildman–Crippen LogP) is 14.2. The van der Waals surface area contributed by atoms with Crippen LogP contribution in [0.25, 0.3) is 88.8 Å². The molecule has 2 aromatic heterocycles. The summed E-state index contributed by atoms with van der Waals surface area (Å²) in [5, 5.41) is 2.02. The van der Waals surface area contributed by atoms with Gasteiger partial charge < -0.3 is 4.57 Å². The van der Waals surface area contributed by atoms with Crippen molar-refractivity contribution in [3.8, 4) is 62.1 Å². The van der Waals surface area contributed by atoms with Gasteiger partial charge in [0.2, 0.25) is 0 Å². The van der Waals surface area contributed by atoms with E-state index >= 15 is 0 Å². The molecular formula is C51H36F3N5. The Morgan fingerprint density at radius 2 is 1.00 bits per heavy atom. The third-order valence-corrected chi connectivity index (χ3v) is 10.6. The molecule has 0 fully saturated rings. The van der Waals surface area contributed by atoms with E-state index in [2.05, 4.69) is 54.4 Å². The average Bonchev–Trinajstić information content (AvgIpc) is 3.59. The summed E-state index contributed by atoms with van der Waals surface area (Å²) in [6, 6.07) is 50.4. The highest BCUT2D eigenvalue weighted by atomic mass is 19.4. The van der Waals surface area contributed by atoms with E-state index in [1.807, 2.05) is 109 Å². The third-order valence-electron chi connectivity index (χ3n) is 10.6. The number of rotatable bonds is 6. The number of nitrogens with zero attached hydrogens (tertiary/aromatic N) is 5. The molecule has 2 heterocycles. The molecule has 9 rings (SSSR count). The van der Waals surface area contributed by atoms with Crippen LogP contribution in [0.15, 0.2) is 164 Å². The van der Waals surface area contributed by atoms with Crippen LogP contribution in [0, 0.1) is 6.57 Å². The Bertz CT molecular complexity index is 3020. The van der Waals surface area contributed by atoms with Gasteiger partial charge in [0.25, 0.3) is 0 Å². The van der Waals surface area contributed by atoms with Crippen LogP contribution in [-0.2, 0) is 11.6 Å². The van der Waals surface area contributed by atoms with Crippen molar-refractivity contribution in [2.24, 2.45) is 0 Å². The smallest absolute Gasteiger partial charge is 0.308 e. The zero-order valence-electron chi connectivity index (χ0n) is 32.5. The fourth-order valence-corrected chi connectivity index (χ4v) is 7.67. The van der Waals surface area contributed by atoms with Gasteiger partial charge in [0.15, 0.2) is 23.2 Å². The molecule has 0 saturated heterocycles. The van der Waals surface area contributed by atoms with E-state index in [9.17, 15) is 13.2 Å². The van der Waals surface area contributed by atoms with Crippen molar-refractivity contribution in [3.05, 3.63) is 186 Å². The van der Waals surface area contributed by atoms with Crippen LogP contribution in [0.4, 0.5) is 18.9 Å². The summed E-state index contributed by atoms with van der Waals surface area (Å²) < 4.78 is 45.7. The van der Waals surface area contributed by atoms with Crippen LogP contribution in [0.3, 0.4) is 0 Å². The molecule has 0 atom stereocenters. The molecule has 0 saturated carbocycles. The predicted molar refractivity (Wildman–Crippen MR) is 231 cm³/mol. The van der Waals surface area contributed by atoms with Crippen molar-refractivity contribution < 1.29 is 13.2 Å². The Morgan fingerprint density at radius 3 is 1.59 bits per heavy atom. The normalized spacial score (nSPS) is 11.9. The highest BCUT2D eigenvalue weighted by Crippen LogP contribution is 2.45. The molecule has 0 aliphatic carbocycles. The minimum Gasteiger partial charge on any atom is -0.308 e. The van der Waals surface area contributed by atoms with Crippen LogP contribution in [0.5, 0.6) is 0 Å². The molecule has 0 radical (unpaired) electrons. The van der Waals surface area contributed by atoms with E-state index in [0.29, 0.717) is 56.7 Å². The molecular weight excluding hydrogens is 740 g/mol. The first kappa shape index (κ1) is 37.2. The molecule has 59 heavy (non-hydrogen) atoms. The average molecular weight is 776 g/mol. The van der Waals surface area contributed by atoms with Gasteiger partial charge in [0.05, 0.1) is 28.9 Å². The maximum atomic E-state index is 14.5. The molecule has 5 nitrogen and oxygen atoms in total. The highest BCUT2D eigenvalue weighted by Gasteiger charge is 2.31. The van der Waals surface area contributed by atoms with Crippen molar-refractivity contribution in [2.45, 2.75) is 32.4 Å². The first-order valence-electron chi connectivity index (χ1n) is 19.2. The van der Waals surface area contributed by atoms with Crippen LogP contribution < -0.4 is 0 Å². The summed E-state index contributed by atoms with van der Waals surface area (Å²) >= 11 is 0. The maximum absolute atomic E-state index is 14.5. The lowest BCUT2D eigenvalue weighted by Gasteiger charge is -2.22. The number of hydrogen-bond donors (Lipinski definition) is 0. The van der Waals surface area contributed by atoms with Crippen molar-refractivity contribution >= 4 is 27.5 Å². The summed E-state index contributed by atoms with van der Waals surface area (Å²) in [5.41, 5.74) is 7.54. The van der Waals surface area contributed by atoms with E-state index in [4.69, 9.17) is 21.5 Å². The van der Waals surface area contributed by atoms with Crippen LogP contribution in [0.1, 0.15) is 31.9 Å². The molecule has 7 aromatic carbocycles. The van der Waals surface area contributed by atoms with Crippen molar-refractivity contribution in [1.82, 2.24) is 19.5 Å². The van der Waals surface area contributed by atoms with Gasteiger partial charge in [-0.1, -0.05) is 136 Å². The number of aromatic nitrogens is 4. The van der Waals surface area contributed by atoms with E-state index in [1.165, 1.54) is 12.1 Å². The molecule has 0 unspecified atom stereocenters. The largest absolute Gasteiger partial charge is 0.416 e. The summed E-state index contributed by atoms with van der Waals surface area (Å²) in [5.74, 6) is 1.25. The SMILES string of the molecule is [C-]#[N+]c1cccc(-c2cc(-c3nc(-c4ccccc4)nc(-c4ccccc4)n3)cc(-c3cccc(C(F)(F)F)c3)c2-n2c3ccccc3c3cc(C(C)(C)C)ccc32)c1. The van der Waals surface area contributed by atoms with Gasteiger partial charge in [0.1, 0.15) is 0 Å². The Labute approximate surface area is 340 Å². The molecule has 0 N–H and O–H groups in total. The zero-order valence-corrected chi connectivity index (χ0v) is 32.5. The summed E-state index contributed by atoms with van der Waals surface area (Å²) in [4.78, 5) is 18.7. The van der Waals surface area contributed by atoms with E-state index in [0.717, 1.165) is 44.6 Å². The molecule has 0 bridgehead atoms. The molecule has 0 amide bonds. The quantitative estimate of drug-likeness (QED) is 0.158. The molecule has 8 heteroatoms. The van der Waals surface area contributed by atoms with Crippen LogP contribution in [0.2, 0.25) is 0 Å². The van der Waals surface area contributed by atoms with Gasteiger partial charge in [-0.15, -0.1) is 0 Å². The summed E-state index contributed by atoms with van der Waals surface area (Å²) in [6.45, 7) is 14.4. The van der Waals surface area contributed by atoms with Crippen LogP contribution >= 0.6 is 0 Å². The number of para-hydroxylation sites is 1. The van der Waals surface area contributed by atoms with Gasteiger partial charge in [0, 0.05) is 38.6 Å². The lowest BCUT2D eigenvalue weighted by molar-refractivity contribution is -0.137. The maximum Gasteiger partial charge on any atom is 0.416 e. The van der Waals surface area contributed by atoms with Crippen molar-refractivity contribution in [2.75, 3.05) is 0 Å². The second-order valence-electron chi connectivity index (χ2n) is 15.5. The van der Waals surface area contributed by atoms with Gasteiger partial charge in [-0.3, -0.25) is 0 Å². The Balaban J connectivity index is 1.44. The second kappa shape index (κ2) is 14.5. The highest BCUT2D eigenvalue weighted by molar-refractivity contribution is 6.11.